The molecule has 3 aromatic rings. The van der Waals surface area contributed by atoms with E-state index in [4.69, 9.17) is 16.3 Å². The fraction of sp³-hybridized carbons (Fsp3) is 0.238. The fourth-order valence-corrected chi connectivity index (χ4v) is 3.25. The Morgan fingerprint density at radius 2 is 2.07 bits per heavy atom. The van der Waals surface area contributed by atoms with Gasteiger partial charge in [0.2, 0.25) is 0 Å². The number of carbonyl (C=O) groups excluding carboxylic acids is 1. The van der Waals surface area contributed by atoms with Crippen LogP contribution in [0, 0.1) is 0 Å². The van der Waals surface area contributed by atoms with Gasteiger partial charge in [-0.25, -0.2) is 9.78 Å². The number of carbonyl (C=O) groups is 1. The number of amides is 2. The molecule has 0 radical (unpaired) electrons. The Morgan fingerprint density at radius 1 is 1.25 bits per heavy atom. The van der Waals surface area contributed by atoms with Gasteiger partial charge in [-0.3, -0.25) is 0 Å². The number of benzene rings is 2. The van der Waals surface area contributed by atoms with Crippen molar-refractivity contribution in [3.8, 4) is 5.75 Å². The molecule has 6 nitrogen and oxygen atoms in total. The summed E-state index contributed by atoms with van der Waals surface area (Å²) in [4.78, 5) is 17.0. The highest BCUT2D eigenvalue weighted by Crippen LogP contribution is 2.28. The zero-order valence-electron chi connectivity index (χ0n) is 15.9. The third kappa shape index (κ3) is 4.84. The molecule has 0 bridgehead atoms. The maximum atomic E-state index is 12.6. The van der Waals surface area contributed by atoms with Crippen LogP contribution >= 0.6 is 11.6 Å². The molecule has 0 aliphatic heterocycles. The number of nitrogens with one attached hydrogen (secondary N) is 2. The smallest absolute Gasteiger partial charge is 0.315 e. The van der Waals surface area contributed by atoms with Crippen LogP contribution in [0.5, 0.6) is 5.75 Å². The second-order valence-electron chi connectivity index (χ2n) is 6.35. The van der Waals surface area contributed by atoms with Crippen molar-refractivity contribution < 1.29 is 9.53 Å². The number of methoxy groups -OCH3 is 1. The number of para-hydroxylation sites is 1. The number of aromatic nitrogens is 2. The van der Waals surface area contributed by atoms with Gasteiger partial charge in [-0.2, -0.15) is 0 Å². The van der Waals surface area contributed by atoms with E-state index in [-0.39, 0.29) is 6.03 Å². The second-order valence-corrected chi connectivity index (χ2v) is 6.79. The van der Waals surface area contributed by atoms with Crippen molar-refractivity contribution >= 4 is 17.6 Å². The van der Waals surface area contributed by atoms with Crippen molar-refractivity contribution in [3.63, 3.8) is 0 Å². The lowest BCUT2D eigenvalue weighted by atomic mass is 10.0. The highest BCUT2D eigenvalue weighted by Gasteiger charge is 2.23. The Morgan fingerprint density at radius 3 is 2.79 bits per heavy atom. The maximum Gasteiger partial charge on any atom is 0.315 e. The van der Waals surface area contributed by atoms with Crippen LogP contribution in [0.3, 0.4) is 0 Å². The Hall–Kier alpha value is -2.99. The lowest BCUT2D eigenvalue weighted by Gasteiger charge is -2.21. The summed E-state index contributed by atoms with van der Waals surface area (Å²) in [5, 5.41) is 6.60. The zero-order valence-corrected chi connectivity index (χ0v) is 16.6. The van der Waals surface area contributed by atoms with Crippen molar-refractivity contribution in [1.29, 1.82) is 0 Å². The van der Waals surface area contributed by atoms with E-state index in [0.29, 0.717) is 23.7 Å². The van der Waals surface area contributed by atoms with Crippen LogP contribution in [0.15, 0.2) is 60.9 Å². The summed E-state index contributed by atoms with van der Waals surface area (Å²) < 4.78 is 7.35. The average molecular weight is 399 g/mol. The Labute approximate surface area is 169 Å². The standard InChI is InChI=1S/C21H23ClN4O2/c1-26-13-12-23-20(26)19(17-8-3-4-9-18(17)28-2)25-21(27)24-11-10-15-6-5-7-16(22)14-15/h3-9,12-14,19H,10-11H2,1-2H3,(H2,24,25,27)/t19-/m0/s1. The van der Waals surface area contributed by atoms with Crippen LogP contribution in [-0.4, -0.2) is 29.2 Å². The van der Waals surface area contributed by atoms with Gasteiger partial charge in [-0.05, 0) is 30.2 Å². The number of ether oxygens (including phenoxy) is 1. The Kier molecular flexibility index (Phi) is 6.55. The van der Waals surface area contributed by atoms with Crippen LogP contribution in [0.4, 0.5) is 4.79 Å². The van der Waals surface area contributed by atoms with Gasteiger partial charge in [0.25, 0.3) is 0 Å². The highest BCUT2D eigenvalue weighted by atomic mass is 35.5. The molecular formula is C21H23ClN4O2. The molecule has 1 aromatic heterocycles. The summed E-state index contributed by atoms with van der Waals surface area (Å²) in [6.45, 7) is 0.491. The molecule has 0 saturated heterocycles. The fourth-order valence-electron chi connectivity index (χ4n) is 3.04. The molecular weight excluding hydrogens is 376 g/mol. The van der Waals surface area contributed by atoms with Gasteiger partial charge in [-0.1, -0.05) is 41.9 Å². The quantitative estimate of drug-likeness (QED) is 0.637. The van der Waals surface area contributed by atoms with Crippen LogP contribution in [0.2, 0.25) is 5.02 Å². The molecule has 1 heterocycles. The minimum Gasteiger partial charge on any atom is -0.496 e. The summed E-state index contributed by atoms with van der Waals surface area (Å²) in [6, 6.07) is 14.5. The molecule has 0 unspecified atom stereocenters. The van der Waals surface area contributed by atoms with Gasteiger partial charge < -0.3 is 19.9 Å². The van der Waals surface area contributed by atoms with E-state index in [0.717, 1.165) is 17.0 Å². The number of imidazole rings is 1. The van der Waals surface area contributed by atoms with E-state index in [2.05, 4.69) is 15.6 Å². The van der Waals surface area contributed by atoms with E-state index < -0.39 is 6.04 Å². The molecule has 2 N–H and O–H groups in total. The Bertz CT molecular complexity index is 941. The molecule has 3 rings (SSSR count). The van der Waals surface area contributed by atoms with Crippen molar-refractivity contribution in [1.82, 2.24) is 20.2 Å². The molecule has 146 valence electrons. The van der Waals surface area contributed by atoms with Gasteiger partial charge in [-0.15, -0.1) is 0 Å². The lowest BCUT2D eigenvalue weighted by Crippen LogP contribution is -2.40. The first-order valence-electron chi connectivity index (χ1n) is 8.97. The molecule has 2 amide bonds. The SMILES string of the molecule is COc1ccccc1[C@H](NC(=O)NCCc1cccc(Cl)c1)c1nccn1C. The van der Waals surface area contributed by atoms with Gasteiger partial charge in [0.15, 0.2) is 0 Å². The van der Waals surface area contributed by atoms with Gasteiger partial charge >= 0.3 is 6.03 Å². The third-order valence-electron chi connectivity index (χ3n) is 4.43. The van der Waals surface area contributed by atoms with Crippen molar-refractivity contribution in [3.05, 3.63) is 82.9 Å². The number of hydrogen-bond donors (Lipinski definition) is 2. The molecule has 28 heavy (non-hydrogen) atoms. The van der Waals surface area contributed by atoms with Crippen LogP contribution in [-0.2, 0) is 13.5 Å². The van der Waals surface area contributed by atoms with Crippen LogP contribution in [0.1, 0.15) is 23.0 Å². The first-order valence-corrected chi connectivity index (χ1v) is 9.35. The first-order chi connectivity index (χ1) is 13.6. The van der Waals surface area contributed by atoms with Crippen molar-refractivity contribution in [2.45, 2.75) is 12.5 Å². The summed E-state index contributed by atoms with van der Waals surface area (Å²) in [6.07, 6.45) is 4.24. The number of urea groups is 1. The molecule has 2 aromatic carbocycles. The number of rotatable bonds is 7. The minimum absolute atomic E-state index is 0.277. The van der Waals surface area contributed by atoms with E-state index in [1.54, 1.807) is 13.3 Å². The molecule has 7 heteroatoms. The van der Waals surface area contributed by atoms with Crippen LogP contribution < -0.4 is 15.4 Å². The number of nitrogens with zero attached hydrogens (tertiary/aromatic N) is 2. The zero-order chi connectivity index (χ0) is 19.9. The van der Waals surface area contributed by atoms with Gasteiger partial charge in [0, 0.05) is 36.6 Å². The van der Waals surface area contributed by atoms with Crippen molar-refractivity contribution in [2.24, 2.45) is 7.05 Å². The van der Waals surface area contributed by atoms with Crippen LogP contribution in [0.25, 0.3) is 0 Å². The highest BCUT2D eigenvalue weighted by molar-refractivity contribution is 6.30. The maximum absolute atomic E-state index is 12.6. The lowest BCUT2D eigenvalue weighted by molar-refractivity contribution is 0.238. The average Bonchev–Trinajstić information content (AvgIpc) is 3.12. The first kappa shape index (κ1) is 19.8. The van der Waals surface area contributed by atoms with E-state index >= 15 is 0 Å². The van der Waals surface area contributed by atoms with E-state index in [1.807, 2.05) is 66.3 Å². The molecule has 0 spiro atoms. The van der Waals surface area contributed by atoms with Gasteiger partial charge in [0.1, 0.15) is 17.6 Å². The molecule has 0 saturated carbocycles. The molecule has 0 aliphatic rings. The molecule has 1 atom stereocenters. The summed E-state index contributed by atoms with van der Waals surface area (Å²) in [5.74, 6) is 1.41. The molecule has 0 aliphatic carbocycles. The topological polar surface area (TPSA) is 68.2 Å². The van der Waals surface area contributed by atoms with Crippen molar-refractivity contribution in [2.75, 3.05) is 13.7 Å². The summed E-state index contributed by atoms with van der Waals surface area (Å²) in [7, 11) is 3.50. The largest absolute Gasteiger partial charge is 0.496 e. The third-order valence-corrected chi connectivity index (χ3v) is 4.67. The second kappa shape index (κ2) is 9.28. The van der Waals surface area contributed by atoms with E-state index in [9.17, 15) is 4.79 Å². The summed E-state index contributed by atoms with van der Waals surface area (Å²) in [5.41, 5.74) is 1.91. The molecule has 0 fully saturated rings. The number of hydrogen-bond acceptors (Lipinski definition) is 3. The summed E-state index contributed by atoms with van der Waals surface area (Å²) >= 11 is 6.00. The normalized spacial score (nSPS) is 11.7. The monoisotopic (exact) mass is 398 g/mol. The number of halogens is 1. The van der Waals surface area contributed by atoms with Gasteiger partial charge in [0.05, 0.1) is 7.11 Å². The predicted molar refractivity (Wildman–Crippen MR) is 110 cm³/mol. The van der Waals surface area contributed by atoms with E-state index in [1.165, 1.54) is 0 Å². The Balaban J connectivity index is 1.71. The minimum atomic E-state index is -0.442. The predicted octanol–water partition coefficient (Wildman–Crippen LogP) is 3.71. The number of aryl methyl sites for hydroxylation is 1.